The van der Waals surface area contributed by atoms with Gasteiger partial charge in [0.15, 0.2) is 0 Å². The summed E-state index contributed by atoms with van der Waals surface area (Å²) in [4.78, 5) is 2.48. The van der Waals surface area contributed by atoms with Crippen molar-refractivity contribution in [3.8, 4) is 0 Å². The summed E-state index contributed by atoms with van der Waals surface area (Å²) < 4.78 is 11.6. The van der Waals surface area contributed by atoms with Gasteiger partial charge < -0.3 is 13.8 Å². The first-order chi connectivity index (χ1) is 6.70. The third-order valence-corrected chi connectivity index (χ3v) is 5.43. The predicted molar refractivity (Wildman–Crippen MR) is 60.5 cm³/mol. The molecule has 0 radical (unpaired) electrons. The van der Waals surface area contributed by atoms with E-state index in [1.54, 1.807) is 0 Å². The average molecular weight is 217 g/mol. The quantitative estimate of drug-likeness (QED) is 0.633. The summed E-state index contributed by atoms with van der Waals surface area (Å²) in [5.74, 6) is 0. The summed E-state index contributed by atoms with van der Waals surface area (Å²) >= 11 is 0. The second-order valence-corrected chi connectivity index (χ2v) is 7.14. The fourth-order valence-corrected chi connectivity index (χ4v) is 4.71. The van der Waals surface area contributed by atoms with Crippen LogP contribution in [0.1, 0.15) is 26.7 Å². The van der Waals surface area contributed by atoms with Gasteiger partial charge in [0, 0.05) is 19.4 Å². The lowest BCUT2D eigenvalue weighted by Gasteiger charge is -2.30. The van der Waals surface area contributed by atoms with Crippen molar-refractivity contribution >= 4 is 8.56 Å². The Hall–Kier alpha value is 0.0969. The summed E-state index contributed by atoms with van der Waals surface area (Å²) in [5.41, 5.74) is 0. The lowest BCUT2D eigenvalue weighted by atomic mass is 10.4. The van der Waals surface area contributed by atoms with Crippen molar-refractivity contribution in [3.63, 3.8) is 0 Å². The van der Waals surface area contributed by atoms with Gasteiger partial charge in [-0.3, -0.25) is 0 Å². The van der Waals surface area contributed by atoms with Gasteiger partial charge in [-0.15, -0.1) is 0 Å². The van der Waals surface area contributed by atoms with Crippen LogP contribution in [0.5, 0.6) is 0 Å². The van der Waals surface area contributed by atoms with Gasteiger partial charge in [-0.25, -0.2) is 0 Å². The van der Waals surface area contributed by atoms with Crippen molar-refractivity contribution in [2.75, 3.05) is 32.5 Å². The van der Waals surface area contributed by atoms with E-state index in [0.717, 1.165) is 19.4 Å². The summed E-state index contributed by atoms with van der Waals surface area (Å²) in [5, 5.41) is 0. The lowest BCUT2D eigenvalue weighted by Crippen LogP contribution is -2.49. The Balaban J connectivity index is 2.39. The number of nitrogens with zero attached hydrogens (tertiary/aromatic N) is 1. The Morgan fingerprint density at radius 2 is 1.57 bits per heavy atom. The van der Waals surface area contributed by atoms with Crippen LogP contribution in [0, 0.1) is 0 Å². The third-order valence-electron chi connectivity index (χ3n) is 2.61. The minimum atomic E-state index is -1.89. The SMILES string of the molecule is CCO[Si](C)(CN1CCCC1)OCC. The van der Waals surface area contributed by atoms with E-state index in [9.17, 15) is 0 Å². The number of rotatable bonds is 6. The zero-order chi connectivity index (χ0) is 10.4. The first kappa shape index (κ1) is 12.2. The summed E-state index contributed by atoms with van der Waals surface area (Å²) in [6, 6.07) is 0. The molecule has 0 aromatic rings. The molecule has 0 aromatic carbocycles. The minimum absolute atomic E-state index is 0.774. The molecule has 0 unspecified atom stereocenters. The molecule has 0 spiro atoms. The molecule has 1 aliphatic rings. The molecule has 0 N–H and O–H groups in total. The van der Waals surface area contributed by atoms with E-state index in [2.05, 4.69) is 11.4 Å². The van der Waals surface area contributed by atoms with Crippen LogP contribution in [0.2, 0.25) is 6.55 Å². The second-order valence-electron chi connectivity index (χ2n) is 3.98. The van der Waals surface area contributed by atoms with Crippen molar-refractivity contribution in [3.05, 3.63) is 0 Å². The van der Waals surface area contributed by atoms with Crippen molar-refractivity contribution in [1.82, 2.24) is 4.90 Å². The van der Waals surface area contributed by atoms with Gasteiger partial charge in [0.05, 0.1) is 0 Å². The highest BCUT2D eigenvalue weighted by molar-refractivity contribution is 6.66. The van der Waals surface area contributed by atoms with Crippen molar-refractivity contribution < 1.29 is 8.85 Å². The minimum Gasteiger partial charge on any atom is -0.394 e. The van der Waals surface area contributed by atoms with Crippen LogP contribution in [0.25, 0.3) is 0 Å². The van der Waals surface area contributed by atoms with Crippen LogP contribution in [0.4, 0.5) is 0 Å². The molecule has 4 heteroatoms. The van der Waals surface area contributed by atoms with Crippen LogP contribution in [0.15, 0.2) is 0 Å². The molecular weight excluding hydrogens is 194 g/mol. The monoisotopic (exact) mass is 217 g/mol. The highest BCUT2D eigenvalue weighted by Crippen LogP contribution is 2.14. The van der Waals surface area contributed by atoms with Crippen molar-refractivity contribution in [2.45, 2.75) is 33.2 Å². The zero-order valence-electron chi connectivity index (χ0n) is 9.71. The van der Waals surface area contributed by atoms with Gasteiger partial charge in [0.25, 0.3) is 0 Å². The largest absolute Gasteiger partial charge is 0.394 e. The van der Waals surface area contributed by atoms with Crippen LogP contribution in [-0.2, 0) is 8.85 Å². The van der Waals surface area contributed by atoms with E-state index < -0.39 is 8.56 Å². The Bertz CT molecular complexity index is 154. The smallest absolute Gasteiger partial charge is 0.349 e. The molecule has 1 rings (SSSR count). The summed E-state index contributed by atoms with van der Waals surface area (Å²) in [6.45, 7) is 10.3. The molecule has 1 fully saturated rings. The van der Waals surface area contributed by atoms with Gasteiger partial charge >= 0.3 is 8.56 Å². The fourth-order valence-electron chi connectivity index (χ4n) is 2.09. The van der Waals surface area contributed by atoms with Gasteiger partial charge in [-0.2, -0.15) is 0 Å². The molecule has 0 amide bonds. The Morgan fingerprint density at radius 3 is 2.00 bits per heavy atom. The topological polar surface area (TPSA) is 21.7 Å². The van der Waals surface area contributed by atoms with Gasteiger partial charge in [0.2, 0.25) is 0 Å². The second kappa shape index (κ2) is 5.85. The normalized spacial score (nSPS) is 19.1. The summed E-state index contributed by atoms with van der Waals surface area (Å²) in [7, 11) is -1.89. The molecule has 14 heavy (non-hydrogen) atoms. The molecule has 0 aliphatic carbocycles. The molecule has 84 valence electrons. The standard InChI is InChI=1S/C10H23NO2Si/c1-4-12-14(3,13-5-2)10-11-8-6-7-9-11/h4-10H2,1-3H3. The van der Waals surface area contributed by atoms with Crippen LogP contribution in [0.3, 0.4) is 0 Å². The molecule has 1 saturated heterocycles. The maximum atomic E-state index is 5.81. The Kier molecular flexibility index (Phi) is 5.09. The lowest BCUT2D eigenvalue weighted by molar-refractivity contribution is 0.171. The van der Waals surface area contributed by atoms with E-state index >= 15 is 0 Å². The van der Waals surface area contributed by atoms with E-state index in [-0.39, 0.29) is 0 Å². The zero-order valence-corrected chi connectivity index (χ0v) is 10.7. The van der Waals surface area contributed by atoms with E-state index in [0.29, 0.717) is 0 Å². The van der Waals surface area contributed by atoms with Crippen molar-refractivity contribution in [2.24, 2.45) is 0 Å². The number of hydrogen-bond acceptors (Lipinski definition) is 3. The highest BCUT2D eigenvalue weighted by Gasteiger charge is 2.34. The Morgan fingerprint density at radius 1 is 1.07 bits per heavy atom. The van der Waals surface area contributed by atoms with E-state index in [4.69, 9.17) is 8.85 Å². The fraction of sp³-hybridized carbons (Fsp3) is 1.00. The third kappa shape index (κ3) is 3.69. The van der Waals surface area contributed by atoms with E-state index in [1.165, 1.54) is 25.9 Å². The maximum Gasteiger partial charge on any atom is 0.349 e. The molecule has 3 nitrogen and oxygen atoms in total. The number of likely N-dealkylation sites (tertiary alicyclic amines) is 1. The van der Waals surface area contributed by atoms with Gasteiger partial charge in [0.1, 0.15) is 0 Å². The molecular formula is C10H23NO2Si. The van der Waals surface area contributed by atoms with Gasteiger partial charge in [-0.1, -0.05) is 0 Å². The van der Waals surface area contributed by atoms with Crippen LogP contribution >= 0.6 is 0 Å². The van der Waals surface area contributed by atoms with Crippen LogP contribution in [-0.4, -0.2) is 45.9 Å². The summed E-state index contributed by atoms with van der Waals surface area (Å²) in [6.07, 6.45) is 3.71. The molecule has 1 heterocycles. The molecule has 0 bridgehead atoms. The molecule has 1 aliphatic heterocycles. The Labute approximate surface area is 88.6 Å². The van der Waals surface area contributed by atoms with Crippen molar-refractivity contribution in [1.29, 1.82) is 0 Å². The van der Waals surface area contributed by atoms with E-state index in [1.807, 2.05) is 13.8 Å². The molecule has 0 aromatic heterocycles. The number of hydrogen-bond donors (Lipinski definition) is 0. The first-order valence-corrected chi connectivity index (χ1v) is 8.23. The average Bonchev–Trinajstić information content (AvgIpc) is 2.57. The molecule has 0 saturated carbocycles. The van der Waals surface area contributed by atoms with Crippen LogP contribution < -0.4 is 0 Å². The van der Waals surface area contributed by atoms with Gasteiger partial charge in [-0.05, 0) is 46.3 Å². The first-order valence-electron chi connectivity index (χ1n) is 5.70. The highest BCUT2D eigenvalue weighted by atomic mass is 28.4. The predicted octanol–water partition coefficient (Wildman–Crippen LogP) is 1.77. The molecule has 0 atom stereocenters. The maximum absolute atomic E-state index is 5.81.